The fraction of sp³-hybridized carbons (Fsp3) is 0.633. The van der Waals surface area contributed by atoms with Crippen LogP contribution in [-0.4, -0.2) is 101 Å². The van der Waals surface area contributed by atoms with E-state index < -0.39 is 27.7 Å². The van der Waals surface area contributed by atoms with Crippen LogP contribution in [0.3, 0.4) is 0 Å². The quantitative estimate of drug-likeness (QED) is 0.379. The van der Waals surface area contributed by atoms with E-state index in [1.807, 2.05) is 39.8 Å². The van der Waals surface area contributed by atoms with Crippen LogP contribution in [0.1, 0.15) is 75.0 Å². The maximum atomic E-state index is 13.8. The molecule has 4 rings (SSSR count). The number of aromatic amines is 1. The van der Waals surface area contributed by atoms with Gasteiger partial charge < -0.3 is 15.3 Å². The number of H-pyrrole nitrogens is 1. The second kappa shape index (κ2) is 12.4. The molecule has 42 heavy (non-hydrogen) atoms. The van der Waals surface area contributed by atoms with Crippen LogP contribution in [0.25, 0.3) is 0 Å². The highest BCUT2D eigenvalue weighted by atomic mass is 32.2. The number of nitrogens with zero attached hydrogens (tertiary/aromatic N) is 4. The number of piperidine rings is 1. The number of nitrogens with one attached hydrogen (secondary N) is 2. The number of amides is 2. The monoisotopic (exact) mass is 602 g/mol. The normalized spacial score (nSPS) is 21.3. The highest BCUT2D eigenvalue weighted by Crippen LogP contribution is 2.40. The van der Waals surface area contributed by atoms with Crippen molar-refractivity contribution in [2.75, 3.05) is 33.7 Å². The molecule has 3 atom stereocenters. The number of likely N-dealkylation sites (tertiary alicyclic amines) is 1. The number of hydrogen-bond donors (Lipinski definition) is 3. The van der Waals surface area contributed by atoms with Gasteiger partial charge in [0.15, 0.2) is 0 Å². The summed E-state index contributed by atoms with van der Waals surface area (Å²) in [6, 6.07) is 5.79. The number of benzene rings is 1. The molecular formula is C30H46N6O5S. The lowest BCUT2D eigenvalue weighted by Crippen LogP contribution is -2.75. The average molecular weight is 603 g/mol. The fourth-order valence-corrected chi connectivity index (χ4v) is 7.20. The first-order chi connectivity index (χ1) is 19.8. The van der Waals surface area contributed by atoms with Gasteiger partial charge in [-0.2, -0.15) is 5.10 Å². The Labute approximate surface area is 249 Å². The Bertz CT molecular complexity index is 1360. The lowest BCUT2D eigenvalue weighted by molar-refractivity contribution is -0.165. The van der Waals surface area contributed by atoms with Gasteiger partial charge in [0, 0.05) is 45.0 Å². The molecule has 1 unspecified atom stereocenters. The van der Waals surface area contributed by atoms with Gasteiger partial charge in [-0.15, -0.1) is 0 Å². The number of sulfonamides is 1. The van der Waals surface area contributed by atoms with Crippen LogP contribution in [0.15, 0.2) is 29.2 Å². The highest BCUT2D eigenvalue weighted by molar-refractivity contribution is 7.89. The second-order valence-electron chi connectivity index (χ2n) is 12.2. The number of aliphatic hydroxyl groups excluding tert-OH is 1. The van der Waals surface area contributed by atoms with Gasteiger partial charge in [-0.1, -0.05) is 39.3 Å². The minimum Gasteiger partial charge on any atom is -0.390 e. The zero-order valence-electron chi connectivity index (χ0n) is 25.8. The summed E-state index contributed by atoms with van der Waals surface area (Å²) in [5, 5.41) is 21.2. The van der Waals surface area contributed by atoms with Crippen molar-refractivity contribution in [2.24, 2.45) is 5.92 Å². The van der Waals surface area contributed by atoms with Crippen molar-refractivity contribution in [1.29, 1.82) is 0 Å². The third kappa shape index (κ3) is 5.73. The van der Waals surface area contributed by atoms with E-state index in [9.17, 15) is 23.1 Å². The smallest absolute Gasteiger partial charge is 0.248 e. The SMILES string of the molecule is CCCCN1C(=O)[C@@H]([C@H](O)C(C)C)NC(=O)C12CCN(C(c1ccc(S(=O)(=O)N(C)C)cc1)c1c(C)n[nH]c1C)CC2. The van der Waals surface area contributed by atoms with E-state index in [-0.39, 0.29) is 28.7 Å². The Hall–Kier alpha value is -2.80. The standard InChI is InChI=1S/C30H46N6O5S/c1-8-9-16-36-28(38)25(27(37)19(2)3)31-29(39)30(36)14-17-35(18-15-30)26(24-20(4)32-33-21(24)5)22-10-12-23(13-11-22)42(40,41)34(6)7/h10-13,19,25-27,37H,8-9,14-18H2,1-7H3,(H,31,39)(H,32,33)/t25-,26?,27-/m1/s1. The van der Waals surface area contributed by atoms with E-state index in [2.05, 4.69) is 27.3 Å². The van der Waals surface area contributed by atoms with Crippen LogP contribution in [-0.2, 0) is 19.6 Å². The molecule has 2 aromatic rings. The van der Waals surface area contributed by atoms with Crippen LogP contribution >= 0.6 is 0 Å². The maximum Gasteiger partial charge on any atom is 0.248 e. The van der Waals surface area contributed by atoms with Crippen LogP contribution in [0.5, 0.6) is 0 Å². The number of aliphatic hydroxyl groups is 1. The van der Waals surface area contributed by atoms with Gasteiger partial charge in [0.05, 0.1) is 22.7 Å². The molecular weight excluding hydrogens is 556 g/mol. The van der Waals surface area contributed by atoms with E-state index >= 15 is 0 Å². The minimum atomic E-state index is -3.57. The second-order valence-corrected chi connectivity index (χ2v) is 14.4. The van der Waals surface area contributed by atoms with Crippen LogP contribution < -0.4 is 5.32 Å². The number of hydrogen-bond acceptors (Lipinski definition) is 7. The summed E-state index contributed by atoms with van der Waals surface area (Å²) in [7, 11) is -0.554. The molecule has 0 radical (unpaired) electrons. The summed E-state index contributed by atoms with van der Waals surface area (Å²) < 4.78 is 26.6. The highest BCUT2D eigenvalue weighted by Gasteiger charge is 2.55. The largest absolute Gasteiger partial charge is 0.390 e. The fourth-order valence-electron chi connectivity index (χ4n) is 6.30. The molecule has 1 aromatic heterocycles. The van der Waals surface area contributed by atoms with Crippen molar-refractivity contribution < 1.29 is 23.1 Å². The van der Waals surface area contributed by atoms with Gasteiger partial charge in [0.1, 0.15) is 11.6 Å². The van der Waals surface area contributed by atoms with Crippen molar-refractivity contribution in [1.82, 2.24) is 29.6 Å². The first-order valence-corrected chi connectivity index (χ1v) is 16.3. The Balaban J connectivity index is 1.67. The Morgan fingerprint density at radius 3 is 2.24 bits per heavy atom. The number of aryl methyl sites for hydroxylation is 2. The molecule has 3 heterocycles. The number of piperazine rings is 1. The van der Waals surface area contributed by atoms with Gasteiger partial charge in [0.2, 0.25) is 21.8 Å². The van der Waals surface area contributed by atoms with Crippen molar-refractivity contribution in [2.45, 2.75) is 88.9 Å². The van der Waals surface area contributed by atoms with E-state index in [4.69, 9.17) is 0 Å². The first kappa shape index (κ1) is 32.1. The number of unbranched alkanes of at least 4 members (excludes halogenated alkanes) is 1. The van der Waals surface area contributed by atoms with Gasteiger partial charge in [-0.05, 0) is 56.7 Å². The summed E-state index contributed by atoms with van der Waals surface area (Å²) in [6.45, 7) is 11.2. The minimum absolute atomic E-state index is 0.176. The zero-order valence-corrected chi connectivity index (χ0v) is 26.7. The summed E-state index contributed by atoms with van der Waals surface area (Å²) >= 11 is 0. The topological polar surface area (TPSA) is 139 Å². The number of carbonyl (C=O) groups excluding carboxylic acids is 2. The molecule has 0 bridgehead atoms. The van der Waals surface area contributed by atoms with Crippen molar-refractivity contribution in [3.63, 3.8) is 0 Å². The summed E-state index contributed by atoms with van der Waals surface area (Å²) in [5.41, 5.74) is 2.72. The molecule has 2 aliphatic rings. The molecule has 1 spiro atoms. The summed E-state index contributed by atoms with van der Waals surface area (Å²) in [6.07, 6.45) is 1.58. The van der Waals surface area contributed by atoms with Crippen molar-refractivity contribution in [3.05, 3.63) is 46.8 Å². The van der Waals surface area contributed by atoms with Crippen molar-refractivity contribution in [3.8, 4) is 0 Å². The molecule has 11 nitrogen and oxygen atoms in total. The summed E-state index contributed by atoms with van der Waals surface area (Å²) in [5.74, 6) is -0.592. The predicted octanol–water partition coefficient (Wildman–Crippen LogP) is 2.34. The van der Waals surface area contributed by atoms with E-state index in [1.165, 1.54) is 18.4 Å². The molecule has 0 aliphatic carbocycles. The van der Waals surface area contributed by atoms with Gasteiger partial charge in [-0.3, -0.25) is 19.6 Å². The van der Waals surface area contributed by atoms with E-state index in [0.29, 0.717) is 32.5 Å². The number of aromatic nitrogens is 2. The Morgan fingerprint density at radius 1 is 1.12 bits per heavy atom. The average Bonchev–Trinajstić information content (AvgIpc) is 3.29. The zero-order chi connectivity index (χ0) is 31.0. The third-order valence-corrected chi connectivity index (χ3v) is 10.8. The molecule has 12 heteroatoms. The van der Waals surface area contributed by atoms with Crippen molar-refractivity contribution >= 4 is 21.8 Å². The van der Waals surface area contributed by atoms with Crippen LogP contribution in [0, 0.1) is 19.8 Å². The van der Waals surface area contributed by atoms with Crippen LogP contribution in [0.4, 0.5) is 0 Å². The van der Waals surface area contributed by atoms with Gasteiger partial charge >= 0.3 is 0 Å². The van der Waals surface area contributed by atoms with Crippen LogP contribution in [0.2, 0.25) is 0 Å². The molecule has 2 aliphatic heterocycles. The Kier molecular flexibility index (Phi) is 9.51. The predicted molar refractivity (Wildman–Crippen MR) is 160 cm³/mol. The Morgan fingerprint density at radius 2 is 1.74 bits per heavy atom. The molecule has 1 aromatic carbocycles. The van der Waals surface area contributed by atoms with Gasteiger partial charge in [0.25, 0.3) is 0 Å². The molecule has 232 valence electrons. The van der Waals surface area contributed by atoms with Gasteiger partial charge in [-0.25, -0.2) is 12.7 Å². The van der Waals surface area contributed by atoms with E-state index in [1.54, 1.807) is 17.0 Å². The molecule has 0 saturated carbocycles. The lowest BCUT2D eigenvalue weighted by Gasteiger charge is -2.53. The molecule has 2 saturated heterocycles. The first-order valence-electron chi connectivity index (χ1n) is 14.8. The molecule has 2 amide bonds. The maximum absolute atomic E-state index is 13.8. The third-order valence-electron chi connectivity index (χ3n) is 8.94. The number of carbonyl (C=O) groups is 2. The summed E-state index contributed by atoms with van der Waals surface area (Å²) in [4.78, 5) is 31.8. The number of rotatable bonds is 10. The van der Waals surface area contributed by atoms with E-state index in [0.717, 1.165) is 35.4 Å². The molecule has 3 N–H and O–H groups in total. The lowest BCUT2D eigenvalue weighted by atomic mass is 9.79. The molecule has 2 fully saturated rings.